The van der Waals surface area contributed by atoms with Crippen LogP contribution >= 0.6 is 8.58 Å². The fraction of sp³-hybridized carbons (Fsp3) is 0.500. The summed E-state index contributed by atoms with van der Waals surface area (Å²) in [6.07, 6.45) is 3.62. The average molecular weight is 397 g/mol. The second-order valence-electron chi connectivity index (χ2n) is 8.39. The molecule has 0 amide bonds. The van der Waals surface area contributed by atoms with Gasteiger partial charge in [0.2, 0.25) is 0 Å². The van der Waals surface area contributed by atoms with Gasteiger partial charge in [-0.15, -0.1) is 0 Å². The van der Waals surface area contributed by atoms with E-state index in [4.69, 9.17) is 4.74 Å². The Kier molecular flexibility index (Phi) is 5.94. The van der Waals surface area contributed by atoms with Crippen molar-refractivity contribution in [2.45, 2.75) is 45.7 Å². The highest BCUT2D eigenvalue weighted by Gasteiger charge is 2.30. The molecule has 0 aromatic heterocycles. The van der Waals surface area contributed by atoms with E-state index in [-0.39, 0.29) is 0 Å². The van der Waals surface area contributed by atoms with E-state index in [0.717, 1.165) is 46.3 Å². The Morgan fingerprint density at radius 1 is 1.25 bits per heavy atom. The maximum absolute atomic E-state index is 5.83. The van der Waals surface area contributed by atoms with Crippen molar-refractivity contribution in [3.8, 4) is 5.75 Å². The van der Waals surface area contributed by atoms with Gasteiger partial charge in [-0.2, -0.15) is 0 Å². The van der Waals surface area contributed by atoms with Gasteiger partial charge in [0.15, 0.2) is 0 Å². The van der Waals surface area contributed by atoms with E-state index in [1.807, 2.05) is 7.11 Å². The molecule has 1 N–H and O–H groups in total. The third-order valence-corrected chi connectivity index (χ3v) is 7.43. The third-order valence-electron chi connectivity index (χ3n) is 6.52. The smallest absolute Gasteiger partial charge is 0.124 e. The molecule has 1 fully saturated rings. The molecule has 1 saturated heterocycles. The van der Waals surface area contributed by atoms with Crippen LogP contribution in [0.1, 0.15) is 48.1 Å². The van der Waals surface area contributed by atoms with Crippen LogP contribution < -0.4 is 15.4 Å². The van der Waals surface area contributed by atoms with E-state index in [1.165, 1.54) is 46.1 Å². The van der Waals surface area contributed by atoms with Gasteiger partial charge in [0.1, 0.15) is 5.75 Å². The maximum atomic E-state index is 5.83. The Morgan fingerprint density at radius 2 is 2.04 bits per heavy atom. The molecular formula is C24H33N2OP. The summed E-state index contributed by atoms with van der Waals surface area (Å²) in [7, 11) is 2.68. The Bertz CT molecular complexity index is 833. The molecule has 150 valence electrons. The molecule has 4 rings (SSSR count). The summed E-state index contributed by atoms with van der Waals surface area (Å²) in [5.74, 6) is 1.83. The minimum atomic E-state index is 0.494. The quantitative estimate of drug-likeness (QED) is 0.729. The van der Waals surface area contributed by atoms with Crippen molar-refractivity contribution in [1.29, 1.82) is 0 Å². The van der Waals surface area contributed by atoms with E-state index in [9.17, 15) is 0 Å². The molecule has 2 aromatic carbocycles. The Labute approximate surface area is 171 Å². The SMILES string of the molecule is COc1cc(C)c2c(c1CN1CCC(C)CC1c1ccc(PC)cc1)CCN2. The summed E-state index contributed by atoms with van der Waals surface area (Å²) in [5.41, 5.74) is 6.96. The molecule has 0 spiro atoms. The van der Waals surface area contributed by atoms with Crippen LogP contribution in [0, 0.1) is 12.8 Å². The fourth-order valence-corrected chi connectivity index (χ4v) is 5.38. The fourth-order valence-electron chi connectivity index (χ4n) is 4.88. The van der Waals surface area contributed by atoms with E-state index in [2.05, 4.69) is 61.1 Å². The predicted octanol–water partition coefficient (Wildman–Crippen LogP) is 4.88. The van der Waals surface area contributed by atoms with Gasteiger partial charge in [-0.25, -0.2) is 0 Å². The van der Waals surface area contributed by atoms with Crippen LogP contribution in [-0.4, -0.2) is 31.8 Å². The number of likely N-dealkylation sites (tertiary alicyclic amines) is 1. The molecule has 0 aliphatic carbocycles. The molecule has 2 aromatic rings. The monoisotopic (exact) mass is 396 g/mol. The number of piperidine rings is 1. The summed E-state index contributed by atoms with van der Waals surface area (Å²) >= 11 is 0. The minimum Gasteiger partial charge on any atom is -0.496 e. The normalized spacial score (nSPS) is 22.4. The molecule has 3 atom stereocenters. The topological polar surface area (TPSA) is 24.5 Å². The largest absolute Gasteiger partial charge is 0.496 e. The number of nitrogens with zero attached hydrogens (tertiary/aromatic N) is 1. The second-order valence-corrected chi connectivity index (χ2v) is 9.47. The van der Waals surface area contributed by atoms with Crippen LogP contribution in [0.25, 0.3) is 0 Å². The number of hydrogen-bond acceptors (Lipinski definition) is 3. The van der Waals surface area contributed by atoms with Crippen molar-refractivity contribution in [2.24, 2.45) is 5.92 Å². The van der Waals surface area contributed by atoms with Crippen LogP contribution in [0.2, 0.25) is 0 Å². The number of methoxy groups -OCH3 is 1. The maximum Gasteiger partial charge on any atom is 0.124 e. The lowest BCUT2D eigenvalue weighted by molar-refractivity contribution is 0.109. The van der Waals surface area contributed by atoms with Crippen LogP contribution in [0.15, 0.2) is 30.3 Å². The van der Waals surface area contributed by atoms with Crippen LogP contribution in [0.4, 0.5) is 5.69 Å². The zero-order valence-electron chi connectivity index (χ0n) is 17.6. The van der Waals surface area contributed by atoms with Gasteiger partial charge in [-0.1, -0.05) is 39.8 Å². The molecule has 2 aliphatic heterocycles. The van der Waals surface area contributed by atoms with Gasteiger partial charge in [-0.3, -0.25) is 4.90 Å². The van der Waals surface area contributed by atoms with Gasteiger partial charge in [0.05, 0.1) is 7.11 Å². The van der Waals surface area contributed by atoms with Crippen molar-refractivity contribution in [2.75, 3.05) is 32.2 Å². The van der Waals surface area contributed by atoms with Gasteiger partial charge in [-0.05, 0) is 73.4 Å². The van der Waals surface area contributed by atoms with Crippen molar-refractivity contribution in [1.82, 2.24) is 4.90 Å². The molecule has 3 unspecified atom stereocenters. The number of rotatable bonds is 5. The first kappa shape index (κ1) is 19.7. The molecule has 4 heteroatoms. The molecule has 3 nitrogen and oxygen atoms in total. The van der Waals surface area contributed by atoms with Crippen LogP contribution in [0.5, 0.6) is 5.75 Å². The molecule has 0 bridgehead atoms. The number of fused-ring (bicyclic) bond motifs is 1. The number of ether oxygens (including phenoxy) is 1. The van der Waals surface area contributed by atoms with Gasteiger partial charge < -0.3 is 10.1 Å². The van der Waals surface area contributed by atoms with E-state index in [1.54, 1.807) is 0 Å². The number of hydrogen-bond donors (Lipinski definition) is 1. The van der Waals surface area contributed by atoms with Crippen molar-refractivity contribution >= 4 is 19.6 Å². The Hall–Kier alpha value is -1.57. The first-order valence-electron chi connectivity index (χ1n) is 10.6. The average Bonchev–Trinajstić information content (AvgIpc) is 3.21. The minimum absolute atomic E-state index is 0.494. The molecule has 2 heterocycles. The summed E-state index contributed by atoms with van der Waals surface area (Å²) in [6, 6.07) is 12.1. The summed E-state index contributed by atoms with van der Waals surface area (Å²) < 4.78 is 5.83. The number of anilines is 1. The highest BCUT2D eigenvalue weighted by molar-refractivity contribution is 7.46. The zero-order chi connectivity index (χ0) is 19.7. The van der Waals surface area contributed by atoms with Crippen molar-refractivity contribution in [3.05, 3.63) is 52.6 Å². The number of aryl methyl sites for hydroxylation is 1. The molecule has 0 radical (unpaired) electrons. The van der Waals surface area contributed by atoms with Crippen molar-refractivity contribution in [3.63, 3.8) is 0 Å². The second kappa shape index (κ2) is 8.43. The van der Waals surface area contributed by atoms with Crippen molar-refractivity contribution < 1.29 is 4.74 Å². The van der Waals surface area contributed by atoms with E-state index >= 15 is 0 Å². The van der Waals surface area contributed by atoms with Gasteiger partial charge >= 0.3 is 0 Å². The Morgan fingerprint density at radius 3 is 2.75 bits per heavy atom. The van der Waals surface area contributed by atoms with Crippen LogP contribution in [-0.2, 0) is 13.0 Å². The summed E-state index contributed by atoms with van der Waals surface area (Å²) in [4.78, 5) is 2.69. The lowest BCUT2D eigenvalue weighted by atomic mass is 9.87. The van der Waals surface area contributed by atoms with E-state index in [0.29, 0.717) is 6.04 Å². The van der Waals surface area contributed by atoms with Gasteiger partial charge in [0.25, 0.3) is 0 Å². The summed E-state index contributed by atoms with van der Waals surface area (Å²) in [5, 5.41) is 5.03. The number of benzene rings is 2. The summed E-state index contributed by atoms with van der Waals surface area (Å²) in [6.45, 7) is 10.0. The van der Waals surface area contributed by atoms with Crippen LogP contribution in [0.3, 0.4) is 0 Å². The molecule has 28 heavy (non-hydrogen) atoms. The Balaban J connectivity index is 1.66. The highest BCUT2D eigenvalue weighted by Crippen LogP contribution is 2.40. The molecule has 0 saturated carbocycles. The zero-order valence-corrected chi connectivity index (χ0v) is 18.6. The lowest BCUT2D eigenvalue weighted by Gasteiger charge is -2.39. The number of nitrogens with one attached hydrogen (secondary N) is 1. The first-order chi connectivity index (χ1) is 13.6. The van der Waals surface area contributed by atoms with Gasteiger partial charge in [0, 0.05) is 30.4 Å². The van der Waals surface area contributed by atoms with E-state index < -0.39 is 0 Å². The third kappa shape index (κ3) is 3.80. The highest BCUT2D eigenvalue weighted by atomic mass is 31.1. The first-order valence-corrected chi connectivity index (χ1v) is 12.1. The predicted molar refractivity (Wildman–Crippen MR) is 122 cm³/mol. The molecular weight excluding hydrogens is 363 g/mol. The lowest BCUT2D eigenvalue weighted by Crippen LogP contribution is -2.36. The standard InChI is InChI=1S/C24H33N2OP/c1-16-10-12-26(22(13-16)18-5-7-19(28-4)8-6-18)15-21-20-9-11-25-24(20)17(2)14-23(21)27-3/h5-8,14,16,22,25,28H,9-13,15H2,1-4H3. The molecule has 2 aliphatic rings.